The smallest absolute Gasteiger partial charge is 0.283 e. The molecule has 1 aliphatic rings. The Hall–Kier alpha value is -2.44. The van der Waals surface area contributed by atoms with E-state index in [1.807, 2.05) is 32.0 Å². The maximum atomic E-state index is 13.5. The topological polar surface area (TPSA) is 49.4 Å². The van der Waals surface area contributed by atoms with E-state index in [4.69, 9.17) is 34.8 Å². The Labute approximate surface area is 205 Å². The second-order valence-corrected chi connectivity index (χ2v) is 9.61. The third-order valence-electron chi connectivity index (χ3n) is 4.88. The van der Waals surface area contributed by atoms with Gasteiger partial charge in [-0.1, -0.05) is 58.7 Å². The first-order valence-electron chi connectivity index (χ1n) is 9.60. The summed E-state index contributed by atoms with van der Waals surface area (Å²) in [5, 5.41) is 4.40. The lowest BCUT2D eigenvalue weighted by molar-refractivity contribution is -0.120. The van der Waals surface area contributed by atoms with Gasteiger partial charge in [0.2, 0.25) is 0 Å². The molecule has 2 amide bonds. The molecule has 162 valence electrons. The fourth-order valence-corrected chi connectivity index (χ4v) is 4.77. The Kier molecular flexibility index (Phi) is 6.54. The molecule has 0 bridgehead atoms. The third kappa shape index (κ3) is 4.52. The molecule has 0 saturated heterocycles. The summed E-state index contributed by atoms with van der Waals surface area (Å²) in [6.45, 7) is 3.90. The number of benzene rings is 3. The number of carbonyl (C=O) groups is 2. The summed E-state index contributed by atoms with van der Waals surface area (Å²) in [6.07, 6.45) is 0. The largest absolute Gasteiger partial charge is 0.350 e. The summed E-state index contributed by atoms with van der Waals surface area (Å²) in [6, 6.07) is 17.6. The highest BCUT2D eigenvalue weighted by molar-refractivity contribution is 8.04. The maximum absolute atomic E-state index is 13.5. The van der Waals surface area contributed by atoms with Crippen LogP contribution in [0.2, 0.25) is 15.1 Å². The zero-order chi connectivity index (χ0) is 23.0. The van der Waals surface area contributed by atoms with E-state index in [-0.39, 0.29) is 21.3 Å². The minimum Gasteiger partial charge on any atom is -0.350 e. The lowest BCUT2D eigenvalue weighted by atomic mass is 10.1. The van der Waals surface area contributed by atoms with Crippen molar-refractivity contribution in [1.29, 1.82) is 0 Å². The predicted molar refractivity (Wildman–Crippen MR) is 133 cm³/mol. The molecule has 0 atom stereocenters. The fraction of sp³-hybridized carbons (Fsp3) is 0.0833. The standard InChI is InChI=1S/C24H17Cl3N2O2S/c1-13-3-4-14(2)19(11-13)28-21-22(32-17-8-5-15(25)6-9-17)24(31)29(23(21)30)20-10-7-16(26)12-18(20)27/h3-12,28H,1-2H3. The first-order chi connectivity index (χ1) is 15.2. The Bertz CT molecular complexity index is 1270. The molecule has 8 heteroatoms. The summed E-state index contributed by atoms with van der Waals surface area (Å²) in [5.74, 6) is -0.955. The van der Waals surface area contributed by atoms with Gasteiger partial charge in [0.1, 0.15) is 10.6 Å². The van der Waals surface area contributed by atoms with Crippen molar-refractivity contribution in [1.82, 2.24) is 0 Å². The third-order valence-corrected chi connectivity index (χ3v) is 6.76. The van der Waals surface area contributed by atoms with Crippen LogP contribution in [0.4, 0.5) is 11.4 Å². The van der Waals surface area contributed by atoms with Gasteiger partial charge in [-0.15, -0.1) is 0 Å². The molecule has 0 fully saturated rings. The number of thioether (sulfide) groups is 1. The number of anilines is 2. The van der Waals surface area contributed by atoms with Crippen LogP contribution in [0.5, 0.6) is 0 Å². The quantitative estimate of drug-likeness (QED) is 0.372. The summed E-state index contributed by atoms with van der Waals surface area (Å²) in [5.41, 5.74) is 3.19. The number of hydrogen-bond donors (Lipinski definition) is 1. The molecule has 1 aliphatic heterocycles. The minimum atomic E-state index is -0.489. The molecule has 4 nitrogen and oxygen atoms in total. The van der Waals surface area contributed by atoms with E-state index in [1.165, 1.54) is 17.8 Å². The van der Waals surface area contributed by atoms with Crippen LogP contribution in [0, 0.1) is 13.8 Å². The van der Waals surface area contributed by atoms with Gasteiger partial charge < -0.3 is 5.32 Å². The van der Waals surface area contributed by atoms with E-state index >= 15 is 0 Å². The molecule has 1 N–H and O–H groups in total. The van der Waals surface area contributed by atoms with Gasteiger partial charge in [-0.2, -0.15) is 0 Å². The van der Waals surface area contributed by atoms with Crippen molar-refractivity contribution in [3.05, 3.63) is 97.5 Å². The Morgan fingerprint density at radius 2 is 1.50 bits per heavy atom. The first-order valence-corrected chi connectivity index (χ1v) is 11.6. The molecule has 0 aliphatic carbocycles. The lowest BCUT2D eigenvalue weighted by Crippen LogP contribution is -2.32. The van der Waals surface area contributed by atoms with Crippen LogP contribution in [0.1, 0.15) is 11.1 Å². The number of carbonyl (C=O) groups excluding carboxylic acids is 2. The van der Waals surface area contributed by atoms with Gasteiger partial charge in [0.25, 0.3) is 11.8 Å². The second kappa shape index (κ2) is 9.20. The van der Waals surface area contributed by atoms with Gasteiger partial charge in [-0.05, 0) is 73.5 Å². The average molecular weight is 504 g/mol. The molecule has 3 aromatic carbocycles. The van der Waals surface area contributed by atoms with Gasteiger partial charge >= 0.3 is 0 Å². The van der Waals surface area contributed by atoms with Gasteiger partial charge in [-0.3, -0.25) is 9.59 Å². The molecule has 0 aromatic heterocycles. The lowest BCUT2D eigenvalue weighted by Gasteiger charge is -2.17. The number of nitrogens with zero attached hydrogens (tertiary/aromatic N) is 1. The van der Waals surface area contributed by atoms with Crippen molar-refractivity contribution in [2.45, 2.75) is 18.7 Å². The first kappa shape index (κ1) is 22.7. The van der Waals surface area contributed by atoms with Crippen LogP contribution in [0.15, 0.2) is 76.2 Å². The van der Waals surface area contributed by atoms with Crippen molar-refractivity contribution in [2.24, 2.45) is 0 Å². The second-order valence-electron chi connectivity index (χ2n) is 7.24. The zero-order valence-electron chi connectivity index (χ0n) is 17.1. The minimum absolute atomic E-state index is 0.190. The highest BCUT2D eigenvalue weighted by atomic mass is 35.5. The highest BCUT2D eigenvalue weighted by Gasteiger charge is 2.41. The molecule has 0 radical (unpaired) electrons. The summed E-state index contributed by atoms with van der Waals surface area (Å²) in [4.78, 5) is 29.0. The monoisotopic (exact) mass is 502 g/mol. The number of aryl methyl sites for hydroxylation is 2. The Morgan fingerprint density at radius 3 is 2.19 bits per heavy atom. The van der Waals surface area contributed by atoms with E-state index in [0.717, 1.165) is 26.6 Å². The summed E-state index contributed by atoms with van der Waals surface area (Å²) >= 11 is 19.5. The van der Waals surface area contributed by atoms with Gasteiger partial charge in [-0.25, -0.2) is 4.90 Å². The van der Waals surface area contributed by atoms with E-state index < -0.39 is 11.8 Å². The van der Waals surface area contributed by atoms with Crippen LogP contribution in [-0.4, -0.2) is 11.8 Å². The molecule has 0 unspecified atom stereocenters. The Morgan fingerprint density at radius 1 is 0.812 bits per heavy atom. The predicted octanol–water partition coefficient (Wildman–Crippen LogP) is 7.25. The normalized spacial score (nSPS) is 13.8. The molecule has 4 rings (SSSR count). The van der Waals surface area contributed by atoms with E-state index in [0.29, 0.717) is 10.0 Å². The van der Waals surface area contributed by atoms with Crippen LogP contribution in [0.3, 0.4) is 0 Å². The van der Waals surface area contributed by atoms with E-state index in [9.17, 15) is 9.59 Å². The van der Waals surface area contributed by atoms with Crippen LogP contribution < -0.4 is 10.2 Å². The SMILES string of the molecule is Cc1ccc(C)c(NC2=C(Sc3ccc(Cl)cc3)C(=O)N(c3ccc(Cl)cc3Cl)C2=O)c1. The molecular formula is C24H17Cl3N2O2S. The zero-order valence-corrected chi connectivity index (χ0v) is 20.2. The number of hydrogen-bond acceptors (Lipinski definition) is 4. The summed E-state index contributed by atoms with van der Waals surface area (Å²) < 4.78 is 0. The fourth-order valence-electron chi connectivity index (χ4n) is 3.22. The number of nitrogens with one attached hydrogen (secondary N) is 1. The van der Waals surface area contributed by atoms with Crippen molar-refractivity contribution in [3.8, 4) is 0 Å². The molecule has 0 saturated carbocycles. The van der Waals surface area contributed by atoms with E-state index in [2.05, 4.69) is 5.32 Å². The molecule has 3 aromatic rings. The van der Waals surface area contributed by atoms with Crippen LogP contribution in [-0.2, 0) is 9.59 Å². The average Bonchev–Trinajstić information content (AvgIpc) is 2.96. The van der Waals surface area contributed by atoms with Crippen molar-refractivity contribution < 1.29 is 9.59 Å². The molecular weight excluding hydrogens is 487 g/mol. The molecule has 32 heavy (non-hydrogen) atoms. The van der Waals surface area contributed by atoms with Crippen LogP contribution in [0.25, 0.3) is 0 Å². The summed E-state index contributed by atoms with van der Waals surface area (Å²) in [7, 11) is 0. The van der Waals surface area contributed by atoms with E-state index in [1.54, 1.807) is 36.4 Å². The number of amides is 2. The van der Waals surface area contributed by atoms with Crippen molar-refractivity contribution in [2.75, 3.05) is 10.2 Å². The van der Waals surface area contributed by atoms with Crippen LogP contribution >= 0.6 is 46.6 Å². The van der Waals surface area contributed by atoms with Gasteiger partial charge in [0, 0.05) is 20.6 Å². The van der Waals surface area contributed by atoms with Crippen molar-refractivity contribution in [3.63, 3.8) is 0 Å². The number of imide groups is 1. The van der Waals surface area contributed by atoms with Crippen molar-refractivity contribution >= 4 is 69.8 Å². The number of halogens is 3. The molecule has 1 heterocycles. The maximum Gasteiger partial charge on any atom is 0.283 e. The van der Waals surface area contributed by atoms with Gasteiger partial charge in [0.15, 0.2) is 0 Å². The molecule has 0 spiro atoms. The highest BCUT2D eigenvalue weighted by Crippen LogP contribution is 2.40. The Balaban J connectivity index is 1.79. The number of rotatable bonds is 5. The van der Waals surface area contributed by atoms with Gasteiger partial charge in [0.05, 0.1) is 10.7 Å².